The monoisotopic (exact) mass is 445 g/mol. The molecule has 1 aliphatic rings. The van der Waals surface area contributed by atoms with Crippen molar-refractivity contribution in [3.8, 4) is 17.2 Å². The first-order chi connectivity index (χ1) is 15.3. The van der Waals surface area contributed by atoms with Crippen LogP contribution in [0.4, 0.5) is 30.4 Å². The molecule has 4 rings (SSSR count). The summed E-state index contributed by atoms with van der Waals surface area (Å²) in [6, 6.07) is 13.6. The van der Waals surface area contributed by atoms with E-state index in [-0.39, 0.29) is 11.3 Å². The maximum Gasteiger partial charge on any atom is 0.573 e. The number of aromatic nitrogens is 1. The van der Waals surface area contributed by atoms with E-state index in [9.17, 15) is 18.0 Å². The van der Waals surface area contributed by atoms with Crippen LogP contribution in [-0.2, 0) is 0 Å². The Labute approximate surface area is 181 Å². The van der Waals surface area contributed by atoms with Gasteiger partial charge < -0.3 is 24.4 Å². The zero-order chi connectivity index (χ0) is 22.7. The average Bonchev–Trinajstić information content (AvgIpc) is 2.78. The molecule has 166 valence electrons. The summed E-state index contributed by atoms with van der Waals surface area (Å²) in [5, 5.41) is 2.66. The van der Waals surface area contributed by atoms with Crippen LogP contribution in [0.25, 0.3) is 0 Å². The van der Waals surface area contributed by atoms with Gasteiger partial charge >= 0.3 is 6.36 Å². The molecule has 1 N–H and O–H groups in total. The summed E-state index contributed by atoms with van der Waals surface area (Å²) < 4.78 is 51.7. The van der Waals surface area contributed by atoms with Crippen molar-refractivity contribution in [2.24, 2.45) is 0 Å². The van der Waals surface area contributed by atoms with Crippen LogP contribution < -0.4 is 24.4 Å². The van der Waals surface area contributed by atoms with Crippen molar-refractivity contribution < 1.29 is 32.2 Å². The van der Waals surface area contributed by atoms with E-state index < -0.39 is 12.3 Å². The molecule has 32 heavy (non-hydrogen) atoms. The van der Waals surface area contributed by atoms with Crippen molar-refractivity contribution in [1.82, 2.24) is 4.98 Å². The lowest BCUT2D eigenvalue weighted by Gasteiger charge is -2.31. The molecular formula is C22H18F3N3O4. The lowest BCUT2D eigenvalue weighted by Crippen LogP contribution is -2.30. The fourth-order valence-corrected chi connectivity index (χ4v) is 3.26. The van der Waals surface area contributed by atoms with Crippen molar-refractivity contribution in [2.75, 3.05) is 30.5 Å². The van der Waals surface area contributed by atoms with E-state index in [1.807, 2.05) is 17.0 Å². The summed E-state index contributed by atoms with van der Waals surface area (Å²) in [7, 11) is 1.56. The third-order valence-corrected chi connectivity index (χ3v) is 4.67. The molecule has 7 nitrogen and oxygen atoms in total. The number of anilines is 3. The normalized spacial score (nSPS) is 13.1. The van der Waals surface area contributed by atoms with Crippen molar-refractivity contribution in [3.05, 3.63) is 66.4 Å². The van der Waals surface area contributed by atoms with E-state index in [4.69, 9.17) is 9.47 Å². The Bertz CT molecular complexity index is 1100. The zero-order valence-electron chi connectivity index (χ0n) is 16.8. The Balaban J connectivity index is 1.55. The standard InChI is InChI=1S/C22H18F3N3O4/c1-30-16-9-10-19(26-13-16)28-11-12-31-20-17(3-2-4-18(20)28)21(29)27-14-5-7-15(8-6-14)32-22(23,24)25/h2-10,13H,11-12H2,1H3,(H,27,29). The number of nitrogens with one attached hydrogen (secondary N) is 1. The molecule has 0 unspecified atom stereocenters. The maximum absolute atomic E-state index is 12.9. The van der Waals surface area contributed by atoms with E-state index in [1.165, 1.54) is 12.1 Å². The van der Waals surface area contributed by atoms with Crippen molar-refractivity contribution in [3.63, 3.8) is 0 Å². The maximum atomic E-state index is 12.9. The molecule has 2 heterocycles. The van der Waals surface area contributed by atoms with E-state index in [0.29, 0.717) is 41.8 Å². The number of halogens is 3. The molecule has 0 fully saturated rings. The summed E-state index contributed by atoms with van der Waals surface area (Å²) in [5.74, 6) is 0.857. The van der Waals surface area contributed by atoms with Gasteiger partial charge in [0.25, 0.3) is 5.91 Å². The SMILES string of the molecule is COc1ccc(N2CCOc3c(C(=O)Nc4ccc(OC(F)(F)F)cc4)cccc32)nc1. The van der Waals surface area contributed by atoms with Crippen LogP contribution in [0, 0.1) is 0 Å². The number of fused-ring (bicyclic) bond motifs is 1. The summed E-state index contributed by atoms with van der Waals surface area (Å²) in [6.07, 6.45) is -3.18. The predicted molar refractivity (Wildman–Crippen MR) is 111 cm³/mol. The highest BCUT2D eigenvalue weighted by atomic mass is 19.4. The number of pyridine rings is 1. The van der Waals surface area contributed by atoms with Crippen LogP contribution in [-0.4, -0.2) is 37.5 Å². The number of carbonyl (C=O) groups is 1. The number of hydrogen-bond acceptors (Lipinski definition) is 6. The minimum atomic E-state index is -4.78. The number of para-hydroxylation sites is 1. The Morgan fingerprint density at radius 2 is 1.84 bits per heavy atom. The number of amides is 1. The van der Waals surface area contributed by atoms with Crippen LogP contribution in [0.15, 0.2) is 60.8 Å². The Hall–Kier alpha value is -3.95. The van der Waals surface area contributed by atoms with E-state index in [2.05, 4.69) is 15.0 Å². The number of methoxy groups -OCH3 is 1. The van der Waals surface area contributed by atoms with Crippen molar-refractivity contribution in [1.29, 1.82) is 0 Å². The van der Waals surface area contributed by atoms with Gasteiger partial charge in [0.15, 0.2) is 5.75 Å². The minimum absolute atomic E-state index is 0.288. The van der Waals surface area contributed by atoms with Crippen molar-refractivity contribution in [2.45, 2.75) is 6.36 Å². The molecule has 2 aromatic carbocycles. The highest BCUT2D eigenvalue weighted by Crippen LogP contribution is 2.39. The van der Waals surface area contributed by atoms with Gasteiger partial charge in [-0.1, -0.05) is 6.07 Å². The van der Waals surface area contributed by atoms with Gasteiger partial charge in [-0.15, -0.1) is 13.2 Å². The van der Waals surface area contributed by atoms with Crippen LogP contribution in [0.5, 0.6) is 17.2 Å². The van der Waals surface area contributed by atoms with Gasteiger partial charge in [0, 0.05) is 5.69 Å². The molecule has 3 aromatic rings. The topological polar surface area (TPSA) is 72.9 Å². The Kier molecular flexibility index (Phi) is 5.76. The molecule has 10 heteroatoms. The van der Waals surface area contributed by atoms with Gasteiger partial charge in [-0.3, -0.25) is 4.79 Å². The second-order valence-electron chi connectivity index (χ2n) is 6.74. The first-order valence-corrected chi connectivity index (χ1v) is 9.54. The van der Waals surface area contributed by atoms with Gasteiger partial charge in [-0.2, -0.15) is 0 Å². The number of hydrogen-bond donors (Lipinski definition) is 1. The Morgan fingerprint density at radius 1 is 1.09 bits per heavy atom. The minimum Gasteiger partial charge on any atom is -0.495 e. The molecule has 0 saturated heterocycles. The molecule has 0 radical (unpaired) electrons. The number of rotatable bonds is 5. The molecule has 1 aromatic heterocycles. The number of carbonyl (C=O) groups excluding carboxylic acids is 1. The first-order valence-electron chi connectivity index (χ1n) is 9.54. The molecule has 1 amide bonds. The molecule has 1 aliphatic heterocycles. The summed E-state index contributed by atoms with van der Waals surface area (Å²) in [5.41, 5.74) is 1.28. The van der Waals surface area contributed by atoms with Gasteiger partial charge in [-0.05, 0) is 48.5 Å². The van der Waals surface area contributed by atoms with Crippen LogP contribution in [0.3, 0.4) is 0 Å². The summed E-state index contributed by atoms with van der Waals surface area (Å²) in [6.45, 7) is 0.881. The number of nitrogens with zero attached hydrogens (tertiary/aromatic N) is 2. The second-order valence-corrected chi connectivity index (χ2v) is 6.74. The quantitative estimate of drug-likeness (QED) is 0.610. The van der Waals surface area contributed by atoms with E-state index in [0.717, 1.165) is 12.1 Å². The molecule has 0 saturated carbocycles. The lowest BCUT2D eigenvalue weighted by molar-refractivity contribution is -0.274. The molecule has 0 aliphatic carbocycles. The molecule has 0 spiro atoms. The van der Waals surface area contributed by atoms with Crippen LogP contribution >= 0.6 is 0 Å². The summed E-state index contributed by atoms with van der Waals surface area (Å²) in [4.78, 5) is 19.2. The smallest absolute Gasteiger partial charge is 0.495 e. The van der Waals surface area contributed by atoms with E-state index in [1.54, 1.807) is 31.5 Å². The van der Waals surface area contributed by atoms with Crippen LogP contribution in [0.2, 0.25) is 0 Å². The Morgan fingerprint density at radius 3 is 2.50 bits per heavy atom. The van der Waals surface area contributed by atoms with Gasteiger partial charge in [-0.25, -0.2) is 4.98 Å². The molecular weight excluding hydrogens is 427 g/mol. The first kappa shape index (κ1) is 21.3. The fraction of sp³-hybridized carbons (Fsp3) is 0.182. The third-order valence-electron chi connectivity index (χ3n) is 4.67. The largest absolute Gasteiger partial charge is 0.573 e. The average molecular weight is 445 g/mol. The van der Waals surface area contributed by atoms with Gasteiger partial charge in [0.1, 0.15) is 23.9 Å². The number of benzene rings is 2. The fourth-order valence-electron chi connectivity index (χ4n) is 3.26. The summed E-state index contributed by atoms with van der Waals surface area (Å²) >= 11 is 0. The lowest BCUT2D eigenvalue weighted by atomic mass is 10.1. The molecule has 0 bridgehead atoms. The second kappa shape index (κ2) is 8.66. The zero-order valence-corrected chi connectivity index (χ0v) is 16.8. The van der Waals surface area contributed by atoms with Gasteiger partial charge in [0.05, 0.1) is 31.1 Å². The number of alkyl halides is 3. The van der Waals surface area contributed by atoms with Crippen molar-refractivity contribution >= 4 is 23.1 Å². The van der Waals surface area contributed by atoms with E-state index >= 15 is 0 Å². The van der Waals surface area contributed by atoms with Crippen LogP contribution in [0.1, 0.15) is 10.4 Å². The third kappa shape index (κ3) is 4.69. The molecule has 0 atom stereocenters. The van der Waals surface area contributed by atoms with Gasteiger partial charge in [0.2, 0.25) is 0 Å². The predicted octanol–water partition coefficient (Wildman–Crippen LogP) is 4.77. The highest BCUT2D eigenvalue weighted by molar-refractivity contribution is 6.07. The number of ether oxygens (including phenoxy) is 3. The highest BCUT2D eigenvalue weighted by Gasteiger charge is 2.31.